The maximum atomic E-state index is 11.6. The highest BCUT2D eigenvalue weighted by Gasteiger charge is 2.11. The highest BCUT2D eigenvalue weighted by atomic mass is 32.1. The minimum atomic E-state index is 0.0661. The Balaban J connectivity index is 3.40. The van der Waals surface area contributed by atoms with Gasteiger partial charge < -0.3 is 15.8 Å². The van der Waals surface area contributed by atoms with E-state index in [2.05, 4.69) is 17.9 Å². The van der Waals surface area contributed by atoms with Crippen LogP contribution in [0.25, 0.3) is 0 Å². The molecule has 0 aromatic carbocycles. The summed E-state index contributed by atoms with van der Waals surface area (Å²) in [5.41, 5.74) is 5.39. The highest BCUT2D eigenvalue weighted by molar-refractivity contribution is 7.80. The van der Waals surface area contributed by atoms with Gasteiger partial charge in [0, 0.05) is 18.2 Å². The Morgan fingerprint density at radius 2 is 2.19 bits per heavy atom. The zero-order chi connectivity index (χ0) is 12.2. The van der Waals surface area contributed by atoms with Crippen LogP contribution < -0.4 is 11.1 Å². The van der Waals surface area contributed by atoms with E-state index in [1.54, 1.807) is 0 Å². The number of hydrogen-bond acceptors (Lipinski definition) is 4. The van der Waals surface area contributed by atoms with Gasteiger partial charge >= 0.3 is 0 Å². The summed E-state index contributed by atoms with van der Waals surface area (Å²) < 4.78 is 5.20. The Labute approximate surface area is 104 Å². The third-order valence-corrected chi connectivity index (χ3v) is 2.50. The van der Waals surface area contributed by atoms with E-state index in [-0.39, 0.29) is 11.8 Å². The van der Waals surface area contributed by atoms with Crippen LogP contribution in [0, 0.1) is 5.92 Å². The molecule has 0 aliphatic carbocycles. The minimum absolute atomic E-state index is 0.0661. The third kappa shape index (κ3) is 9.00. The van der Waals surface area contributed by atoms with Crippen molar-refractivity contribution in [1.82, 2.24) is 5.32 Å². The first-order chi connectivity index (χ1) is 7.72. The fraction of sp³-hybridized carbons (Fsp3) is 0.909. The monoisotopic (exact) mass is 248 g/mol. The molecule has 0 aliphatic rings. The topological polar surface area (TPSA) is 64.4 Å². The number of amides is 1. The van der Waals surface area contributed by atoms with Crippen molar-refractivity contribution < 1.29 is 9.53 Å². The van der Waals surface area contributed by atoms with Gasteiger partial charge in [-0.1, -0.05) is 13.3 Å². The quantitative estimate of drug-likeness (QED) is 0.396. The summed E-state index contributed by atoms with van der Waals surface area (Å²) in [7, 11) is 0. The van der Waals surface area contributed by atoms with Gasteiger partial charge in [0.05, 0.1) is 13.2 Å². The fourth-order valence-electron chi connectivity index (χ4n) is 1.31. The first-order valence-electron chi connectivity index (χ1n) is 5.88. The first-order valence-corrected chi connectivity index (χ1v) is 6.52. The molecule has 96 valence electrons. The zero-order valence-corrected chi connectivity index (χ0v) is 11.0. The number of carbonyl (C=O) groups is 1. The summed E-state index contributed by atoms with van der Waals surface area (Å²) in [5, 5.41) is 2.85. The Hall–Kier alpha value is -0.260. The number of unbranched alkanes of at least 4 members (excludes halogenated alkanes) is 1. The molecule has 0 saturated carbocycles. The van der Waals surface area contributed by atoms with E-state index in [1.807, 2.05) is 6.92 Å². The Bertz CT molecular complexity index is 179. The molecule has 1 atom stereocenters. The van der Waals surface area contributed by atoms with Gasteiger partial charge in [-0.05, 0) is 19.4 Å². The molecule has 0 heterocycles. The van der Waals surface area contributed by atoms with Crippen LogP contribution >= 0.6 is 12.6 Å². The van der Waals surface area contributed by atoms with Crippen molar-refractivity contribution in [2.45, 2.75) is 26.2 Å². The van der Waals surface area contributed by atoms with Gasteiger partial charge in [0.15, 0.2) is 0 Å². The van der Waals surface area contributed by atoms with E-state index in [1.165, 1.54) is 0 Å². The summed E-state index contributed by atoms with van der Waals surface area (Å²) >= 11 is 4.02. The molecule has 0 rings (SSSR count). The molecule has 1 unspecified atom stereocenters. The summed E-state index contributed by atoms with van der Waals surface area (Å²) in [5.74, 6) is 0.881. The number of hydrogen-bond donors (Lipinski definition) is 3. The molecule has 16 heavy (non-hydrogen) atoms. The number of nitrogens with one attached hydrogen (secondary N) is 1. The Morgan fingerprint density at radius 1 is 1.44 bits per heavy atom. The second-order valence-electron chi connectivity index (χ2n) is 3.81. The lowest BCUT2D eigenvalue weighted by Crippen LogP contribution is -2.32. The second-order valence-corrected chi connectivity index (χ2v) is 4.26. The molecule has 0 spiro atoms. The molecule has 0 bridgehead atoms. The van der Waals surface area contributed by atoms with Crippen LogP contribution in [0.15, 0.2) is 0 Å². The van der Waals surface area contributed by atoms with Crippen LogP contribution in [-0.2, 0) is 9.53 Å². The zero-order valence-electron chi connectivity index (χ0n) is 10.1. The van der Waals surface area contributed by atoms with Crippen LogP contribution in [0.3, 0.4) is 0 Å². The van der Waals surface area contributed by atoms with Gasteiger partial charge in [-0.25, -0.2) is 0 Å². The van der Waals surface area contributed by atoms with Crippen LogP contribution in [0.5, 0.6) is 0 Å². The molecule has 0 radical (unpaired) electrons. The van der Waals surface area contributed by atoms with E-state index in [0.717, 1.165) is 19.3 Å². The fourth-order valence-corrected chi connectivity index (χ4v) is 1.44. The smallest absolute Gasteiger partial charge is 0.222 e. The summed E-state index contributed by atoms with van der Waals surface area (Å²) in [6.07, 6.45) is 2.91. The van der Waals surface area contributed by atoms with Crippen molar-refractivity contribution in [3.63, 3.8) is 0 Å². The first kappa shape index (κ1) is 15.7. The third-order valence-electron chi connectivity index (χ3n) is 2.32. The van der Waals surface area contributed by atoms with E-state index in [9.17, 15) is 4.79 Å². The normalized spacial score (nSPS) is 12.4. The van der Waals surface area contributed by atoms with Crippen LogP contribution in [-0.4, -0.2) is 38.0 Å². The maximum absolute atomic E-state index is 11.6. The molecule has 0 aromatic rings. The minimum Gasteiger partial charge on any atom is -0.379 e. The van der Waals surface area contributed by atoms with E-state index in [0.29, 0.717) is 32.1 Å². The van der Waals surface area contributed by atoms with Gasteiger partial charge in [0.25, 0.3) is 0 Å². The number of nitrogens with two attached hydrogens (primary N) is 1. The standard InChI is InChI=1S/C11H24N2O2S/c1-10(4-2-3-5-12)11(14)13-6-7-15-8-9-16/h10,16H,2-9,12H2,1H3,(H,13,14). The van der Waals surface area contributed by atoms with Crippen molar-refractivity contribution in [1.29, 1.82) is 0 Å². The van der Waals surface area contributed by atoms with Crippen molar-refractivity contribution in [2.75, 3.05) is 32.1 Å². The molecule has 4 nitrogen and oxygen atoms in total. The van der Waals surface area contributed by atoms with Crippen LogP contribution in [0.4, 0.5) is 0 Å². The summed E-state index contributed by atoms with van der Waals surface area (Å²) in [6.45, 7) is 4.41. The molecule has 0 aromatic heterocycles. The molecule has 1 amide bonds. The number of rotatable bonds is 10. The van der Waals surface area contributed by atoms with Gasteiger partial charge in [0.2, 0.25) is 5.91 Å². The summed E-state index contributed by atoms with van der Waals surface area (Å²) in [6, 6.07) is 0. The van der Waals surface area contributed by atoms with Crippen LogP contribution in [0.2, 0.25) is 0 Å². The molecule has 0 saturated heterocycles. The van der Waals surface area contributed by atoms with Crippen LogP contribution in [0.1, 0.15) is 26.2 Å². The molecular weight excluding hydrogens is 224 g/mol. The van der Waals surface area contributed by atoms with Crippen molar-refractivity contribution >= 4 is 18.5 Å². The number of ether oxygens (including phenoxy) is 1. The maximum Gasteiger partial charge on any atom is 0.222 e. The predicted octanol–water partition coefficient (Wildman–Crippen LogP) is 0.814. The van der Waals surface area contributed by atoms with Gasteiger partial charge in [0.1, 0.15) is 0 Å². The summed E-state index contributed by atoms with van der Waals surface area (Å²) in [4.78, 5) is 11.6. The SMILES string of the molecule is CC(CCCCN)C(=O)NCCOCCS. The largest absolute Gasteiger partial charge is 0.379 e. The van der Waals surface area contributed by atoms with Crippen molar-refractivity contribution in [3.8, 4) is 0 Å². The second kappa shape index (κ2) is 11.2. The molecule has 5 heteroatoms. The highest BCUT2D eigenvalue weighted by Crippen LogP contribution is 2.06. The molecular formula is C11H24N2O2S. The lowest BCUT2D eigenvalue weighted by Gasteiger charge is -2.11. The van der Waals surface area contributed by atoms with E-state index >= 15 is 0 Å². The average Bonchev–Trinajstić information content (AvgIpc) is 2.28. The predicted molar refractivity (Wildman–Crippen MR) is 69.8 cm³/mol. The lowest BCUT2D eigenvalue weighted by molar-refractivity contribution is -0.124. The van der Waals surface area contributed by atoms with Gasteiger partial charge in [-0.2, -0.15) is 12.6 Å². The molecule has 0 aliphatic heterocycles. The number of thiol groups is 1. The van der Waals surface area contributed by atoms with Crippen molar-refractivity contribution in [3.05, 3.63) is 0 Å². The Morgan fingerprint density at radius 3 is 2.81 bits per heavy atom. The number of carbonyl (C=O) groups excluding carboxylic acids is 1. The van der Waals surface area contributed by atoms with Crippen molar-refractivity contribution in [2.24, 2.45) is 11.7 Å². The van der Waals surface area contributed by atoms with E-state index in [4.69, 9.17) is 10.5 Å². The van der Waals surface area contributed by atoms with E-state index < -0.39 is 0 Å². The molecule has 0 fully saturated rings. The van der Waals surface area contributed by atoms with Gasteiger partial charge in [-0.15, -0.1) is 0 Å². The lowest BCUT2D eigenvalue weighted by atomic mass is 10.0. The molecule has 3 N–H and O–H groups in total. The van der Waals surface area contributed by atoms with Gasteiger partial charge in [-0.3, -0.25) is 4.79 Å². The average molecular weight is 248 g/mol. The Kier molecular flexibility index (Phi) is 11.0.